The summed E-state index contributed by atoms with van der Waals surface area (Å²) in [5.41, 5.74) is 1.88. The molecule has 0 spiro atoms. The molecule has 2 N–H and O–H groups in total. The molecular weight excluding hydrogens is 478 g/mol. The molecule has 0 aromatic heterocycles. The zero-order valence-corrected chi connectivity index (χ0v) is 25.1. The van der Waals surface area contributed by atoms with Gasteiger partial charge in [0.1, 0.15) is 5.76 Å². The van der Waals surface area contributed by atoms with Crippen LogP contribution in [0.2, 0.25) is 0 Å². The van der Waals surface area contributed by atoms with Crippen molar-refractivity contribution in [2.45, 2.75) is 112 Å². The number of nitrogens with zero attached hydrogens (tertiary/aromatic N) is 1. The van der Waals surface area contributed by atoms with E-state index >= 15 is 0 Å². The fourth-order valence-corrected chi connectivity index (χ4v) is 11.9. The van der Waals surface area contributed by atoms with Gasteiger partial charge in [0.05, 0.1) is 17.7 Å². The van der Waals surface area contributed by atoms with Gasteiger partial charge in [-0.3, -0.25) is 0 Å². The van der Waals surface area contributed by atoms with Crippen molar-refractivity contribution < 1.29 is 10.2 Å². The van der Waals surface area contributed by atoms with Gasteiger partial charge in [0.25, 0.3) is 0 Å². The van der Waals surface area contributed by atoms with E-state index in [1.807, 2.05) is 0 Å². The van der Waals surface area contributed by atoms with E-state index in [-0.39, 0.29) is 27.1 Å². The SMILES string of the molecule is C=C1C[C@@H]2[C@@]3(C)CC(C#N)=C(O)C(C)(C)[C@@H]3CC[C@@]2(C)[C@]2(C)CC[C@@]3(C(O)CCl)CCC(C)(C)CC3C12. The summed E-state index contributed by atoms with van der Waals surface area (Å²) in [4.78, 5) is 0. The van der Waals surface area contributed by atoms with E-state index in [1.165, 1.54) is 5.57 Å². The van der Waals surface area contributed by atoms with Gasteiger partial charge < -0.3 is 10.2 Å². The number of rotatable bonds is 2. The third kappa shape index (κ3) is 3.40. The molecule has 4 fully saturated rings. The highest BCUT2D eigenvalue weighted by atomic mass is 35.5. The summed E-state index contributed by atoms with van der Waals surface area (Å²) in [5.74, 6) is 2.19. The first-order valence-electron chi connectivity index (χ1n) is 14.8. The van der Waals surface area contributed by atoms with E-state index in [0.717, 1.165) is 51.4 Å². The minimum atomic E-state index is -0.461. The molecule has 0 aromatic rings. The molecule has 9 atom stereocenters. The monoisotopic (exact) mass is 527 g/mol. The average molecular weight is 528 g/mol. The summed E-state index contributed by atoms with van der Waals surface area (Å²) < 4.78 is 0. The van der Waals surface area contributed by atoms with Crippen LogP contribution < -0.4 is 0 Å². The minimum absolute atomic E-state index is 0.0548. The Morgan fingerprint density at radius 2 is 1.65 bits per heavy atom. The van der Waals surface area contributed by atoms with Crippen LogP contribution in [0.25, 0.3) is 0 Å². The van der Waals surface area contributed by atoms with E-state index < -0.39 is 11.5 Å². The summed E-state index contributed by atoms with van der Waals surface area (Å²) in [7, 11) is 0. The summed E-state index contributed by atoms with van der Waals surface area (Å²) in [6.45, 7) is 21.5. The molecular formula is C33H50ClNO2. The molecule has 3 unspecified atom stereocenters. The number of allylic oxidation sites excluding steroid dienone is 3. The van der Waals surface area contributed by atoms with Gasteiger partial charge in [0, 0.05) is 16.7 Å². The predicted molar refractivity (Wildman–Crippen MR) is 151 cm³/mol. The quantitative estimate of drug-likeness (QED) is 0.279. The molecule has 5 aliphatic rings. The van der Waals surface area contributed by atoms with Crippen LogP contribution in [-0.2, 0) is 0 Å². The number of fused-ring (bicyclic) bond motifs is 7. The topological polar surface area (TPSA) is 64.2 Å². The molecule has 0 radical (unpaired) electrons. The van der Waals surface area contributed by atoms with Gasteiger partial charge >= 0.3 is 0 Å². The highest BCUT2D eigenvalue weighted by Gasteiger charge is 2.71. The molecule has 0 heterocycles. The Morgan fingerprint density at radius 1 is 1.00 bits per heavy atom. The summed E-state index contributed by atoms with van der Waals surface area (Å²) in [6, 6.07) is 2.39. The van der Waals surface area contributed by atoms with Crippen LogP contribution in [-0.4, -0.2) is 22.2 Å². The Balaban J connectivity index is 1.62. The number of nitriles is 1. The number of aliphatic hydroxyl groups is 2. The number of hydrogen-bond acceptors (Lipinski definition) is 3. The maximum atomic E-state index is 11.4. The second-order valence-corrected chi connectivity index (χ2v) is 16.3. The fourth-order valence-electron chi connectivity index (χ4n) is 11.6. The molecule has 37 heavy (non-hydrogen) atoms. The Kier molecular flexibility index (Phi) is 6.16. The van der Waals surface area contributed by atoms with Crippen molar-refractivity contribution in [1.29, 1.82) is 5.26 Å². The van der Waals surface area contributed by atoms with Gasteiger partial charge in [0.15, 0.2) is 0 Å². The molecule has 0 saturated heterocycles. The predicted octanol–water partition coefficient (Wildman–Crippen LogP) is 8.58. The van der Waals surface area contributed by atoms with Gasteiger partial charge in [0.2, 0.25) is 0 Å². The first-order valence-corrected chi connectivity index (χ1v) is 15.3. The second kappa shape index (κ2) is 8.27. The Labute approximate surface area is 230 Å². The lowest BCUT2D eigenvalue weighted by atomic mass is 9.31. The van der Waals surface area contributed by atoms with Gasteiger partial charge in [-0.05, 0) is 103 Å². The number of halogens is 1. The van der Waals surface area contributed by atoms with Crippen molar-refractivity contribution in [1.82, 2.24) is 0 Å². The van der Waals surface area contributed by atoms with E-state index in [1.54, 1.807) is 0 Å². The number of alkyl halides is 1. The molecule has 0 aromatic carbocycles. The van der Waals surface area contributed by atoms with Gasteiger partial charge in [-0.25, -0.2) is 0 Å². The fraction of sp³-hybridized carbons (Fsp3) is 0.848. The molecule has 5 rings (SSSR count). The Morgan fingerprint density at radius 3 is 2.27 bits per heavy atom. The third-order valence-electron chi connectivity index (χ3n) is 13.8. The normalized spacial score (nSPS) is 49.1. The molecule has 0 amide bonds. The Bertz CT molecular complexity index is 1070. The number of hydrogen-bond donors (Lipinski definition) is 2. The van der Waals surface area contributed by atoms with E-state index in [9.17, 15) is 15.5 Å². The van der Waals surface area contributed by atoms with Crippen LogP contribution in [0.3, 0.4) is 0 Å². The van der Waals surface area contributed by atoms with Gasteiger partial charge in [-0.1, -0.05) is 60.6 Å². The molecule has 3 nitrogen and oxygen atoms in total. The van der Waals surface area contributed by atoms with Crippen LogP contribution >= 0.6 is 11.6 Å². The highest BCUT2D eigenvalue weighted by molar-refractivity contribution is 6.18. The van der Waals surface area contributed by atoms with Crippen molar-refractivity contribution in [2.24, 2.45) is 56.2 Å². The van der Waals surface area contributed by atoms with E-state index in [0.29, 0.717) is 47.3 Å². The first kappa shape index (κ1) is 27.6. The minimum Gasteiger partial charge on any atom is -0.511 e. The number of aliphatic hydroxyl groups excluding tert-OH is 2. The molecule has 206 valence electrons. The summed E-state index contributed by atoms with van der Waals surface area (Å²) >= 11 is 6.39. The lowest BCUT2D eigenvalue weighted by Crippen LogP contribution is -2.67. The van der Waals surface area contributed by atoms with Crippen molar-refractivity contribution in [3.05, 3.63) is 23.5 Å². The maximum Gasteiger partial charge on any atom is 0.112 e. The van der Waals surface area contributed by atoms with Gasteiger partial charge in [-0.2, -0.15) is 5.26 Å². The molecule has 0 aliphatic heterocycles. The first-order chi connectivity index (χ1) is 17.0. The van der Waals surface area contributed by atoms with Crippen molar-refractivity contribution in [3.63, 3.8) is 0 Å². The largest absolute Gasteiger partial charge is 0.511 e. The Hall–Kier alpha value is -0.980. The zero-order valence-electron chi connectivity index (χ0n) is 24.4. The average Bonchev–Trinajstić information content (AvgIpc) is 2.82. The van der Waals surface area contributed by atoms with Crippen molar-refractivity contribution >= 4 is 11.6 Å². The molecule has 4 heteroatoms. The van der Waals surface area contributed by atoms with Crippen LogP contribution in [0.1, 0.15) is 106 Å². The lowest BCUT2D eigenvalue weighted by Gasteiger charge is -2.74. The van der Waals surface area contributed by atoms with Crippen LogP contribution in [0.4, 0.5) is 0 Å². The van der Waals surface area contributed by atoms with Gasteiger partial charge in [-0.15, -0.1) is 11.6 Å². The summed E-state index contributed by atoms with van der Waals surface area (Å²) in [6.07, 6.45) is 8.91. The standard InChI is InChI=1S/C33H50ClNO2/c1-20-15-24-30(6)16-21(19-35)27(37)29(4,5)23(30)9-10-31(24,7)32(8)12-14-33(25(36)18-34)13-11-28(2,3)17-22(33)26(20)32/h22-26,36-37H,1,9-18H2,2-8H3/t22?,23-,24+,25?,26?,30-,31+,32+,33-/m0/s1. The van der Waals surface area contributed by atoms with Crippen molar-refractivity contribution in [2.75, 3.05) is 5.88 Å². The second-order valence-electron chi connectivity index (χ2n) is 16.0. The molecule has 0 bridgehead atoms. The highest BCUT2D eigenvalue weighted by Crippen LogP contribution is 2.78. The van der Waals surface area contributed by atoms with E-state index in [2.05, 4.69) is 54.5 Å². The summed E-state index contributed by atoms with van der Waals surface area (Å²) in [5, 5.41) is 32.5. The van der Waals surface area contributed by atoms with Crippen LogP contribution in [0.5, 0.6) is 0 Å². The van der Waals surface area contributed by atoms with Crippen LogP contribution in [0, 0.1) is 67.5 Å². The molecule has 5 aliphatic carbocycles. The van der Waals surface area contributed by atoms with E-state index in [4.69, 9.17) is 18.2 Å². The molecule has 4 saturated carbocycles. The maximum absolute atomic E-state index is 11.4. The zero-order chi connectivity index (χ0) is 27.4. The van der Waals surface area contributed by atoms with Crippen LogP contribution in [0.15, 0.2) is 23.5 Å². The smallest absolute Gasteiger partial charge is 0.112 e. The third-order valence-corrected chi connectivity index (χ3v) is 14.1. The lowest BCUT2D eigenvalue weighted by molar-refractivity contribution is -0.232. The van der Waals surface area contributed by atoms with Crippen molar-refractivity contribution in [3.8, 4) is 6.07 Å².